The zero-order chi connectivity index (χ0) is 13.8. The molecule has 1 aromatic carbocycles. The van der Waals surface area contributed by atoms with Gasteiger partial charge in [-0.1, -0.05) is 12.1 Å². The summed E-state index contributed by atoms with van der Waals surface area (Å²) < 4.78 is 5.15. The first-order valence-corrected chi connectivity index (χ1v) is 5.92. The molecule has 0 saturated carbocycles. The van der Waals surface area contributed by atoms with Crippen LogP contribution in [-0.2, 0) is 9.53 Å². The first kappa shape index (κ1) is 13.4. The molecular weight excluding hydrogens is 250 g/mol. The second-order valence-electron chi connectivity index (χ2n) is 4.32. The van der Waals surface area contributed by atoms with Crippen molar-refractivity contribution in [2.24, 2.45) is 0 Å². The minimum absolute atomic E-state index is 0.00140. The Kier molecular flexibility index (Phi) is 4.08. The largest absolute Gasteiger partial charge is 0.380 e. The number of nitrogens with zero attached hydrogens (tertiary/aromatic N) is 1. The molecule has 7 heteroatoms. The first-order chi connectivity index (χ1) is 9.11. The topological polar surface area (TPSA) is 93.5 Å². The van der Waals surface area contributed by atoms with Crippen molar-refractivity contribution >= 4 is 17.3 Å². The number of amides is 1. The summed E-state index contributed by atoms with van der Waals surface area (Å²) in [7, 11) is 1.59. The third kappa shape index (κ3) is 3.07. The van der Waals surface area contributed by atoms with Crippen LogP contribution < -0.4 is 10.6 Å². The minimum atomic E-state index is -0.518. The molecule has 1 fully saturated rings. The number of nitro benzene ring substituents is 1. The number of carbonyl (C=O) groups is 1. The molecule has 1 heterocycles. The van der Waals surface area contributed by atoms with E-state index in [0.717, 1.165) is 0 Å². The average Bonchev–Trinajstić information content (AvgIpc) is 2.88. The van der Waals surface area contributed by atoms with Gasteiger partial charge in [0.15, 0.2) is 0 Å². The highest BCUT2D eigenvalue weighted by molar-refractivity contribution is 5.96. The average molecular weight is 265 g/mol. The molecule has 1 aliphatic rings. The Morgan fingerprint density at radius 2 is 2.26 bits per heavy atom. The summed E-state index contributed by atoms with van der Waals surface area (Å²) in [5.74, 6) is -0.283. The predicted molar refractivity (Wildman–Crippen MR) is 68.9 cm³/mol. The van der Waals surface area contributed by atoms with Crippen molar-refractivity contribution in [3.05, 3.63) is 34.4 Å². The van der Waals surface area contributed by atoms with Crippen LogP contribution >= 0.6 is 0 Å². The van der Waals surface area contributed by atoms with Crippen LogP contribution in [-0.4, -0.2) is 36.6 Å². The van der Waals surface area contributed by atoms with E-state index in [-0.39, 0.29) is 29.4 Å². The third-order valence-corrected chi connectivity index (χ3v) is 3.10. The first-order valence-electron chi connectivity index (χ1n) is 5.92. The fourth-order valence-electron chi connectivity index (χ4n) is 2.04. The lowest BCUT2D eigenvalue weighted by molar-refractivity contribution is -0.383. The number of ether oxygens (including phenoxy) is 1. The second kappa shape index (κ2) is 5.77. The maximum absolute atomic E-state index is 12.0. The molecule has 2 atom stereocenters. The highest BCUT2D eigenvalue weighted by Gasteiger charge is 2.30. The predicted octanol–water partition coefficient (Wildman–Crippen LogP) is 0.910. The Bertz CT molecular complexity index is 492. The van der Waals surface area contributed by atoms with Crippen molar-refractivity contribution in [1.29, 1.82) is 0 Å². The maximum atomic E-state index is 12.0. The lowest BCUT2D eigenvalue weighted by Gasteiger charge is -2.11. The number of hydrogen-bond donors (Lipinski definition) is 2. The van der Waals surface area contributed by atoms with Gasteiger partial charge in [0, 0.05) is 19.7 Å². The number of carbonyl (C=O) groups excluding carboxylic acids is 1. The van der Waals surface area contributed by atoms with Crippen molar-refractivity contribution in [1.82, 2.24) is 5.32 Å². The fraction of sp³-hybridized carbons (Fsp3) is 0.417. The van der Waals surface area contributed by atoms with Crippen molar-refractivity contribution in [2.45, 2.75) is 18.6 Å². The number of methoxy groups -OCH3 is 1. The number of benzene rings is 1. The Morgan fingerprint density at radius 1 is 1.53 bits per heavy atom. The summed E-state index contributed by atoms with van der Waals surface area (Å²) >= 11 is 0. The molecule has 2 N–H and O–H groups in total. The number of anilines is 1. The van der Waals surface area contributed by atoms with Gasteiger partial charge in [0.2, 0.25) is 5.91 Å². The van der Waals surface area contributed by atoms with E-state index in [2.05, 4.69) is 10.6 Å². The van der Waals surface area contributed by atoms with Gasteiger partial charge in [0.05, 0.1) is 17.1 Å². The molecule has 19 heavy (non-hydrogen) atoms. The van der Waals surface area contributed by atoms with E-state index in [1.54, 1.807) is 19.2 Å². The van der Waals surface area contributed by atoms with Gasteiger partial charge < -0.3 is 15.4 Å². The normalized spacial score (nSPS) is 22.2. The zero-order valence-corrected chi connectivity index (χ0v) is 10.5. The summed E-state index contributed by atoms with van der Waals surface area (Å²) in [5, 5.41) is 16.4. The van der Waals surface area contributed by atoms with Crippen LogP contribution in [0.4, 0.5) is 11.4 Å². The van der Waals surface area contributed by atoms with Crippen molar-refractivity contribution in [3.8, 4) is 0 Å². The Hall–Kier alpha value is -1.99. The molecule has 1 amide bonds. The zero-order valence-electron chi connectivity index (χ0n) is 10.5. The molecule has 1 saturated heterocycles. The quantitative estimate of drug-likeness (QED) is 0.623. The standard InChI is InChI=1S/C12H15N3O4/c1-19-8-6-10(13-7-8)12(16)14-9-4-2-3-5-11(9)15(17)18/h2-5,8,10,13H,6-7H2,1H3,(H,14,16). The molecule has 1 aromatic rings. The van der Waals surface area contributed by atoms with Gasteiger partial charge in [-0.05, 0) is 12.5 Å². The Morgan fingerprint density at radius 3 is 2.89 bits per heavy atom. The summed E-state index contributed by atoms with van der Waals surface area (Å²) in [6, 6.07) is 5.68. The van der Waals surface area contributed by atoms with Gasteiger partial charge in [-0.15, -0.1) is 0 Å². The summed E-state index contributed by atoms with van der Waals surface area (Å²) in [6.07, 6.45) is 0.560. The number of rotatable bonds is 4. The molecule has 1 aliphatic heterocycles. The molecule has 102 valence electrons. The van der Waals surface area contributed by atoms with Gasteiger partial charge >= 0.3 is 0 Å². The SMILES string of the molecule is COC1CNC(C(=O)Nc2ccccc2[N+](=O)[O-])C1. The van der Waals surface area contributed by atoms with Crippen molar-refractivity contribution < 1.29 is 14.5 Å². The van der Waals surface area contributed by atoms with Gasteiger partial charge in [-0.3, -0.25) is 14.9 Å². The lowest BCUT2D eigenvalue weighted by atomic mass is 10.2. The monoisotopic (exact) mass is 265 g/mol. The minimum Gasteiger partial charge on any atom is -0.380 e. The van der Waals surface area contributed by atoms with E-state index in [4.69, 9.17) is 4.74 Å². The highest BCUT2D eigenvalue weighted by atomic mass is 16.6. The molecule has 0 bridgehead atoms. The summed E-state index contributed by atoms with van der Waals surface area (Å²) in [4.78, 5) is 22.3. The number of hydrogen-bond acceptors (Lipinski definition) is 5. The molecule has 0 aliphatic carbocycles. The van der Waals surface area contributed by atoms with Gasteiger partial charge in [0.1, 0.15) is 5.69 Å². The van der Waals surface area contributed by atoms with Crippen LogP contribution in [0.1, 0.15) is 6.42 Å². The summed E-state index contributed by atoms with van der Waals surface area (Å²) in [6.45, 7) is 0.603. The van der Waals surface area contributed by atoms with Crippen molar-refractivity contribution in [3.63, 3.8) is 0 Å². The van der Waals surface area contributed by atoms with Crippen molar-refractivity contribution in [2.75, 3.05) is 19.0 Å². The highest BCUT2D eigenvalue weighted by Crippen LogP contribution is 2.23. The lowest BCUT2D eigenvalue weighted by Crippen LogP contribution is -2.35. The molecule has 2 unspecified atom stereocenters. The van der Waals surface area contributed by atoms with E-state index >= 15 is 0 Å². The van der Waals surface area contributed by atoms with E-state index in [9.17, 15) is 14.9 Å². The fourth-order valence-corrected chi connectivity index (χ4v) is 2.04. The van der Waals surface area contributed by atoms with Gasteiger partial charge in [-0.25, -0.2) is 0 Å². The van der Waals surface area contributed by atoms with E-state index in [0.29, 0.717) is 13.0 Å². The van der Waals surface area contributed by atoms with E-state index in [1.165, 1.54) is 12.1 Å². The van der Waals surface area contributed by atoms with Crippen LogP contribution in [0.15, 0.2) is 24.3 Å². The smallest absolute Gasteiger partial charge is 0.292 e. The van der Waals surface area contributed by atoms with Crippen LogP contribution in [0.3, 0.4) is 0 Å². The number of nitrogens with one attached hydrogen (secondary N) is 2. The van der Waals surface area contributed by atoms with Crippen LogP contribution in [0.5, 0.6) is 0 Å². The van der Waals surface area contributed by atoms with Crippen LogP contribution in [0.25, 0.3) is 0 Å². The Balaban J connectivity index is 2.05. The van der Waals surface area contributed by atoms with Gasteiger partial charge in [-0.2, -0.15) is 0 Å². The second-order valence-corrected chi connectivity index (χ2v) is 4.32. The number of nitro groups is 1. The number of para-hydroxylation sites is 2. The van der Waals surface area contributed by atoms with E-state index < -0.39 is 4.92 Å². The third-order valence-electron chi connectivity index (χ3n) is 3.10. The maximum Gasteiger partial charge on any atom is 0.292 e. The molecule has 0 radical (unpaired) electrons. The molecule has 2 rings (SSSR count). The van der Waals surface area contributed by atoms with Crippen LogP contribution in [0.2, 0.25) is 0 Å². The van der Waals surface area contributed by atoms with Crippen LogP contribution in [0, 0.1) is 10.1 Å². The molecular formula is C12H15N3O4. The molecule has 0 spiro atoms. The molecule has 0 aromatic heterocycles. The van der Waals surface area contributed by atoms with E-state index in [1.807, 2.05) is 0 Å². The molecule has 7 nitrogen and oxygen atoms in total. The van der Waals surface area contributed by atoms with Gasteiger partial charge in [0.25, 0.3) is 5.69 Å². The summed E-state index contributed by atoms with van der Waals surface area (Å²) in [5.41, 5.74) is 0.0947. The Labute approximate surface area is 110 Å².